The van der Waals surface area contributed by atoms with Crippen molar-refractivity contribution in [2.45, 2.75) is 37.0 Å². The molecule has 0 aliphatic rings. The maximum Gasteiger partial charge on any atom is 0.251 e. The van der Waals surface area contributed by atoms with E-state index in [9.17, 15) is 4.79 Å². The van der Waals surface area contributed by atoms with Crippen LogP contribution in [0.1, 0.15) is 46.1 Å². The van der Waals surface area contributed by atoms with Crippen LogP contribution in [0.25, 0.3) is 0 Å². The number of rotatable bonds is 10. The lowest BCUT2D eigenvalue weighted by Gasteiger charge is -2.13. The van der Waals surface area contributed by atoms with E-state index in [4.69, 9.17) is 4.74 Å². The van der Waals surface area contributed by atoms with E-state index < -0.39 is 0 Å². The number of amides is 1. The lowest BCUT2D eigenvalue weighted by Crippen LogP contribution is -2.25. The van der Waals surface area contributed by atoms with E-state index in [1.807, 2.05) is 56.3 Å². The van der Waals surface area contributed by atoms with Crippen LogP contribution in [0, 0.1) is 6.92 Å². The number of nitrogens with one attached hydrogen (secondary N) is 1. The molecule has 152 valence electrons. The molecule has 0 radical (unpaired) electrons. The van der Waals surface area contributed by atoms with Crippen molar-refractivity contribution in [3.05, 3.63) is 81.8 Å². The third-order valence-electron chi connectivity index (χ3n) is 4.41. The van der Waals surface area contributed by atoms with Crippen molar-refractivity contribution in [2.24, 2.45) is 0 Å². The molecule has 1 atom stereocenters. The number of benzene rings is 2. The van der Waals surface area contributed by atoms with Crippen LogP contribution in [0.4, 0.5) is 0 Å². The quantitative estimate of drug-likeness (QED) is 0.337. The highest BCUT2D eigenvalue weighted by atomic mass is 32.2. The summed E-state index contributed by atoms with van der Waals surface area (Å²) >= 11 is 3.40. The van der Waals surface area contributed by atoms with E-state index in [0.717, 1.165) is 27.8 Å². The molecule has 0 aliphatic heterocycles. The molecule has 3 rings (SSSR count). The van der Waals surface area contributed by atoms with Gasteiger partial charge in [-0.1, -0.05) is 30.3 Å². The molecule has 0 aliphatic carbocycles. The minimum absolute atomic E-state index is 0.0483. The zero-order chi connectivity index (χ0) is 20.5. The van der Waals surface area contributed by atoms with Gasteiger partial charge in [0.2, 0.25) is 0 Å². The summed E-state index contributed by atoms with van der Waals surface area (Å²) in [5.41, 5.74) is 2.94. The maximum atomic E-state index is 12.3. The average molecular weight is 427 g/mol. The fraction of sp³-hybridized carbons (Fsp3) is 0.304. The first kappa shape index (κ1) is 21.6. The number of hydrogen-bond acceptors (Lipinski definition) is 5. The van der Waals surface area contributed by atoms with Gasteiger partial charge in [-0.15, -0.1) is 23.1 Å². The van der Waals surface area contributed by atoms with Crippen molar-refractivity contribution in [1.29, 1.82) is 0 Å². The molecule has 2 aromatic carbocycles. The Morgan fingerprint density at radius 1 is 1.17 bits per heavy atom. The molecule has 1 amide bonds. The van der Waals surface area contributed by atoms with Crippen molar-refractivity contribution >= 4 is 29.0 Å². The van der Waals surface area contributed by atoms with Gasteiger partial charge < -0.3 is 10.1 Å². The molecule has 6 heteroatoms. The van der Waals surface area contributed by atoms with Crippen LogP contribution in [0.2, 0.25) is 0 Å². The minimum Gasteiger partial charge on any atom is -0.374 e. The Morgan fingerprint density at radius 2 is 1.93 bits per heavy atom. The average Bonchev–Trinajstić information content (AvgIpc) is 3.18. The lowest BCUT2D eigenvalue weighted by molar-refractivity contribution is 0.0635. The van der Waals surface area contributed by atoms with Gasteiger partial charge in [0.05, 0.1) is 16.8 Å². The standard InChI is InChI=1S/C23H26N2O2S2/c1-17(19-7-4-3-5-8-19)27-14-6-13-24-23(26)20-9-11-22(12-10-20)29-16-21-15-28-18(2)25-21/h3-5,7-12,15,17H,6,13-14,16H2,1-2H3,(H,24,26). The van der Waals surface area contributed by atoms with E-state index >= 15 is 0 Å². The van der Waals surface area contributed by atoms with Crippen LogP contribution in [0.5, 0.6) is 0 Å². The summed E-state index contributed by atoms with van der Waals surface area (Å²) in [6.07, 6.45) is 0.842. The summed E-state index contributed by atoms with van der Waals surface area (Å²) < 4.78 is 5.84. The highest BCUT2D eigenvalue weighted by Gasteiger charge is 2.07. The molecule has 4 nitrogen and oxygen atoms in total. The van der Waals surface area contributed by atoms with Gasteiger partial charge in [0.1, 0.15) is 0 Å². The Hall–Kier alpha value is -2.15. The molecule has 1 aromatic heterocycles. The number of carbonyl (C=O) groups is 1. The van der Waals surface area contributed by atoms with E-state index in [0.29, 0.717) is 18.7 Å². The van der Waals surface area contributed by atoms with E-state index in [1.54, 1.807) is 23.1 Å². The van der Waals surface area contributed by atoms with Gasteiger partial charge in [-0.2, -0.15) is 0 Å². The first-order valence-corrected chi connectivity index (χ1v) is 11.6. The van der Waals surface area contributed by atoms with Crippen LogP contribution >= 0.6 is 23.1 Å². The molecule has 1 heterocycles. The third kappa shape index (κ3) is 6.99. The second-order valence-electron chi connectivity index (χ2n) is 6.70. The predicted molar refractivity (Wildman–Crippen MR) is 121 cm³/mol. The molecular formula is C23H26N2O2S2. The fourth-order valence-corrected chi connectivity index (χ4v) is 4.30. The lowest BCUT2D eigenvalue weighted by atomic mass is 10.1. The monoisotopic (exact) mass is 426 g/mol. The summed E-state index contributed by atoms with van der Waals surface area (Å²) in [5, 5.41) is 6.14. The predicted octanol–water partition coefficient (Wildman–Crippen LogP) is 5.64. The molecule has 0 saturated heterocycles. The molecule has 1 N–H and O–H groups in total. The number of aromatic nitrogens is 1. The molecule has 3 aromatic rings. The Labute approximate surface area is 180 Å². The number of aryl methyl sites for hydroxylation is 1. The molecule has 0 saturated carbocycles. The maximum absolute atomic E-state index is 12.3. The number of ether oxygens (including phenoxy) is 1. The first-order chi connectivity index (χ1) is 14.1. The molecule has 1 unspecified atom stereocenters. The second kappa shape index (κ2) is 11.1. The first-order valence-electron chi connectivity index (χ1n) is 9.70. The van der Waals surface area contributed by atoms with E-state index in [1.165, 1.54) is 5.56 Å². The van der Waals surface area contributed by atoms with Crippen LogP contribution in [0.15, 0.2) is 64.9 Å². The van der Waals surface area contributed by atoms with Gasteiger partial charge in [-0.3, -0.25) is 4.79 Å². The highest BCUT2D eigenvalue weighted by molar-refractivity contribution is 7.98. The zero-order valence-corrected chi connectivity index (χ0v) is 18.4. The normalized spacial score (nSPS) is 11.9. The van der Waals surface area contributed by atoms with Crippen LogP contribution in [-0.2, 0) is 10.5 Å². The van der Waals surface area contributed by atoms with Gasteiger partial charge >= 0.3 is 0 Å². The Balaban J connectivity index is 1.35. The van der Waals surface area contributed by atoms with Crippen LogP contribution < -0.4 is 5.32 Å². The van der Waals surface area contributed by atoms with Gasteiger partial charge in [0, 0.05) is 34.7 Å². The zero-order valence-electron chi connectivity index (χ0n) is 16.8. The minimum atomic E-state index is -0.0483. The summed E-state index contributed by atoms with van der Waals surface area (Å²) in [7, 11) is 0. The summed E-state index contributed by atoms with van der Waals surface area (Å²) in [5.74, 6) is 0.796. The molecule has 0 bridgehead atoms. The van der Waals surface area contributed by atoms with Crippen LogP contribution in [0.3, 0.4) is 0 Å². The summed E-state index contributed by atoms with van der Waals surface area (Å²) in [6.45, 7) is 5.27. The highest BCUT2D eigenvalue weighted by Crippen LogP contribution is 2.24. The molecule has 0 spiro atoms. The van der Waals surface area contributed by atoms with E-state index in [2.05, 4.69) is 27.8 Å². The van der Waals surface area contributed by atoms with Gasteiger partial charge in [-0.25, -0.2) is 4.98 Å². The van der Waals surface area contributed by atoms with Gasteiger partial charge in [0.25, 0.3) is 5.91 Å². The Morgan fingerprint density at radius 3 is 2.62 bits per heavy atom. The van der Waals surface area contributed by atoms with Crippen molar-refractivity contribution in [3.8, 4) is 0 Å². The number of carbonyl (C=O) groups excluding carboxylic acids is 1. The Kier molecular flexibility index (Phi) is 8.28. The summed E-state index contributed by atoms with van der Waals surface area (Å²) in [6, 6.07) is 17.9. The van der Waals surface area contributed by atoms with Crippen molar-refractivity contribution in [1.82, 2.24) is 10.3 Å². The largest absolute Gasteiger partial charge is 0.374 e. The van der Waals surface area contributed by atoms with Crippen molar-refractivity contribution in [3.63, 3.8) is 0 Å². The Bertz CT molecular complexity index is 895. The molecule has 29 heavy (non-hydrogen) atoms. The number of thioether (sulfide) groups is 1. The topological polar surface area (TPSA) is 51.2 Å². The van der Waals surface area contributed by atoms with Crippen molar-refractivity contribution in [2.75, 3.05) is 13.2 Å². The fourth-order valence-electron chi connectivity index (χ4n) is 2.79. The van der Waals surface area contributed by atoms with Gasteiger partial charge in [-0.05, 0) is 50.1 Å². The SMILES string of the molecule is Cc1nc(CSc2ccc(C(=O)NCCCOC(C)c3ccccc3)cc2)cs1. The van der Waals surface area contributed by atoms with E-state index in [-0.39, 0.29) is 12.0 Å². The number of thiazole rings is 1. The van der Waals surface area contributed by atoms with Crippen LogP contribution in [-0.4, -0.2) is 24.0 Å². The number of hydrogen-bond donors (Lipinski definition) is 1. The smallest absolute Gasteiger partial charge is 0.251 e. The van der Waals surface area contributed by atoms with Gasteiger partial charge in [0.15, 0.2) is 0 Å². The molecular weight excluding hydrogens is 400 g/mol. The van der Waals surface area contributed by atoms with Crippen molar-refractivity contribution < 1.29 is 9.53 Å². The number of nitrogens with zero attached hydrogens (tertiary/aromatic N) is 1. The second-order valence-corrected chi connectivity index (χ2v) is 8.82. The third-order valence-corrected chi connectivity index (χ3v) is 6.28. The summed E-state index contributed by atoms with van der Waals surface area (Å²) in [4.78, 5) is 17.9. The molecule has 0 fully saturated rings.